The minimum Gasteiger partial charge on any atom is -0.491 e. The summed E-state index contributed by atoms with van der Waals surface area (Å²) >= 11 is 0. The summed E-state index contributed by atoms with van der Waals surface area (Å²) in [6.45, 7) is 4.90. The molecule has 39 heavy (non-hydrogen) atoms. The largest absolute Gasteiger partial charge is 0.491 e. The number of benzene rings is 1. The zero-order valence-corrected chi connectivity index (χ0v) is 21.4. The molecule has 1 aromatic carbocycles. The van der Waals surface area contributed by atoms with Crippen molar-refractivity contribution >= 4 is 17.4 Å². The molecule has 0 radical (unpaired) electrons. The van der Waals surface area contributed by atoms with Crippen LogP contribution in [0.2, 0.25) is 0 Å². The lowest BCUT2D eigenvalue weighted by Crippen LogP contribution is -2.49. The molecule has 0 unspecified atom stereocenters. The van der Waals surface area contributed by atoms with Crippen molar-refractivity contribution in [3.63, 3.8) is 0 Å². The number of aryl methyl sites for hydroxylation is 1. The van der Waals surface area contributed by atoms with Crippen molar-refractivity contribution in [2.24, 2.45) is 0 Å². The van der Waals surface area contributed by atoms with Gasteiger partial charge in [0.2, 0.25) is 0 Å². The Labute approximate surface area is 223 Å². The summed E-state index contributed by atoms with van der Waals surface area (Å²) in [5.41, 5.74) is -1.20. The standard InChI is InChI=1S/C27H29F3N6O3/c1-18-7-8-23(31-15-18)34-10-12-35(13-11-34)26(38)19-4-2-6-21(14-19)39-17-20-5-3-9-36(20)22-16-32-33-25(37)24(22)27(28,29)30/h2,4,6-8,14-16,20H,3,5,9-13,17H2,1H3,(H,33,37)/t20-/m0/s1. The Balaban J connectivity index is 1.22. The number of amides is 1. The van der Waals surface area contributed by atoms with Gasteiger partial charge < -0.3 is 19.4 Å². The summed E-state index contributed by atoms with van der Waals surface area (Å²) in [5.74, 6) is 1.24. The lowest BCUT2D eigenvalue weighted by molar-refractivity contribution is -0.138. The van der Waals surface area contributed by atoms with E-state index in [0.29, 0.717) is 56.9 Å². The van der Waals surface area contributed by atoms with Crippen LogP contribution < -0.4 is 20.1 Å². The molecule has 206 valence electrons. The van der Waals surface area contributed by atoms with Gasteiger partial charge in [-0.1, -0.05) is 12.1 Å². The third-order valence-corrected chi connectivity index (χ3v) is 7.12. The van der Waals surface area contributed by atoms with Crippen LogP contribution in [0.4, 0.5) is 24.7 Å². The molecule has 0 spiro atoms. The van der Waals surface area contributed by atoms with Crippen molar-refractivity contribution in [3.05, 3.63) is 75.8 Å². The maximum atomic E-state index is 13.6. The van der Waals surface area contributed by atoms with E-state index in [-0.39, 0.29) is 24.2 Å². The average Bonchev–Trinajstić information content (AvgIpc) is 3.40. The first-order valence-corrected chi connectivity index (χ1v) is 12.8. The fourth-order valence-electron chi connectivity index (χ4n) is 5.09. The molecule has 1 amide bonds. The van der Waals surface area contributed by atoms with Crippen LogP contribution in [0.1, 0.15) is 34.3 Å². The number of alkyl halides is 3. The van der Waals surface area contributed by atoms with E-state index in [4.69, 9.17) is 4.74 Å². The topological polar surface area (TPSA) is 94.7 Å². The predicted molar refractivity (Wildman–Crippen MR) is 139 cm³/mol. The molecular formula is C27H29F3N6O3. The average molecular weight is 543 g/mol. The van der Waals surface area contributed by atoms with Crippen LogP contribution in [-0.2, 0) is 6.18 Å². The van der Waals surface area contributed by atoms with E-state index in [1.807, 2.05) is 30.4 Å². The van der Waals surface area contributed by atoms with Gasteiger partial charge in [0.15, 0.2) is 0 Å². The molecule has 0 bridgehead atoms. The van der Waals surface area contributed by atoms with Gasteiger partial charge >= 0.3 is 6.18 Å². The Hall–Kier alpha value is -4.09. The van der Waals surface area contributed by atoms with E-state index in [9.17, 15) is 22.8 Å². The highest BCUT2D eigenvalue weighted by atomic mass is 19.4. The summed E-state index contributed by atoms with van der Waals surface area (Å²) < 4.78 is 46.7. The Bertz CT molecular complexity index is 1370. The molecule has 0 saturated carbocycles. The smallest absolute Gasteiger partial charge is 0.423 e. The molecule has 2 aliphatic rings. The first-order chi connectivity index (χ1) is 18.7. The molecule has 4 heterocycles. The molecule has 2 fully saturated rings. The van der Waals surface area contributed by atoms with Crippen LogP contribution >= 0.6 is 0 Å². The van der Waals surface area contributed by atoms with E-state index >= 15 is 0 Å². The number of piperazine rings is 1. The molecule has 0 aliphatic carbocycles. The molecule has 1 atom stereocenters. The van der Waals surface area contributed by atoms with Crippen molar-refractivity contribution in [2.45, 2.75) is 32.0 Å². The summed E-state index contributed by atoms with van der Waals surface area (Å²) in [4.78, 5) is 35.0. The van der Waals surface area contributed by atoms with E-state index in [0.717, 1.165) is 17.6 Å². The lowest BCUT2D eigenvalue weighted by atomic mass is 10.1. The maximum absolute atomic E-state index is 13.6. The Kier molecular flexibility index (Phi) is 7.45. The maximum Gasteiger partial charge on any atom is 0.423 e. The fraction of sp³-hybridized carbons (Fsp3) is 0.407. The van der Waals surface area contributed by atoms with Crippen LogP contribution in [0.25, 0.3) is 0 Å². The molecular weight excluding hydrogens is 513 g/mol. The van der Waals surface area contributed by atoms with Gasteiger partial charge in [-0.15, -0.1) is 0 Å². The number of rotatable bonds is 6. The summed E-state index contributed by atoms with van der Waals surface area (Å²) in [6, 6.07) is 10.4. The third-order valence-electron chi connectivity index (χ3n) is 7.12. The lowest BCUT2D eigenvalue weighted by Gasteiger charge is -2.35. The van der Waals surface area contributed by atoms with Crippen molar-refractivity contribution in [3.8, 4) is 5.75 Å². The van der Waals surface area contributed by atoms with Gasteiger partial charge in [0.05, 0.1) is 17.9 Å². The molecule has 2 aromatic heterocycles. The number of carbonyl (C=O) groups excluding carboxylic acids is 1. The molecule has 1 N–H and O–H groups in total. The highest BCUT2D eigenvalue weighted by molar-refractivity contribution is 5.94. The number of nitrogens with one attached hydrogen (secondary N) is 1. The highest BCUT2D eigenvalue weighted by Crippen LogP contribution is 2.36. The zero-order valence-electron chi connectivity index (χ0n) is 21.4. The van der Waals surface area contributed by atoms with Crippen LogP contribution in [0, 0.1) is 6.92 Å². The molecule has 9 nitrogen and oxygen atoms in total. The summed E-state index contributed by atoms with van der Waals surface area (Å²) in [5, 5.41) is 5.46. The second-order valence-electron chi connectivity index (χ2n) is 9.76. The SMILES string of the molecule is Cc1ccc(N2CCN(C(=O)c3cccc(OC[C@@H]4CCCN4c4cn[nH]c(=O)c4C(F)(F)F)c3)CC2)nc1. The van der Waals surface area contributed by atoms with Gasteiger partial charge in [0.25, 0.3) is 11.5 Å². The number of anilines is 2. The van der Waals surface area contributed by atoms with Gasteiger partial charge in [-0.25, -0.2) is 10.1 Å². The van der Waals surface area contributed by atoms with Crippen LogP contribution in [-0.4, -0.2) is 71.4 Å². The number of aromatic nitrogens is 3. The van der Waals surface area contributed by atoms with Gasteiger partial charge in [0, 0.05) is 44.5 Å². The number of nitrogens with zero attached hydrogens (tertiary/aromatic N) is 5. The Morgan fingerprint density at radius 3 is 2.62 bits per heavy atom. The van der Waals surface area contributed by atoms with E-state index in [1.54, 1.807) is 29.2 Å². The number of H-pyrrole nitrogens is 1. The van der Waals surface area contributed by atoms with Gasteiger partial charge in [0.1, 0.15) is 23.7 Å². The quantitative estimate of drug-likeness (QED) is 0.510. The van der Waals surface area contributed by atoms with Gasteiger partial charge in [-0.2, -0.15) is 18.3 Å². The van der Waals surface area contributed by atoms with Gasteiger partial charge in [-0.05, 0) is 49.6 Å². The minimum absolute atomic E-state index is 0.101. The molecule has 2 aliphatic heterocycles. The Morgan fingerprint density at radius 2 is 1.90 bits per heavy atom. The predicted octanol–water partition coefficient (Wildman–Crippen LogP) is 3.50. The molecule has 12 heteroatoms. The Morgan fingerprint density at radius 1 is 1.10 bits per heavy atom. The third kappa shape index (κ3) is 5.84. The number of halogens is 3. The zero-order chi connectivity index (χ0) is 27.6. The first kappa shape index (κ1) is 26.5. The van der Waals surface area contributed by atoms with Crippen LogP contribution in [0.5, 0.6) is 5.75 Å². The van der Waals surface area contributed by atoms with Gasteiger partial charge in [-0.3, -0.25) is 9.59 Å². The van der Waals surface area contributed by atoms with E-state index in [1.165, 1.54) is 4.90 Å². The number of pyridine rings is 1. The number of hydrogen-bond acceptors (Lipinski definition) is 7. The monoisotopic (exact) mass is 542 g/mol. The number of carbonyl (C=O) groups is 1. The summed E-state index contributed by atoms with van der Waals surface area (Å²) in [7, 11) is 0. The van der Waals surface area contributed by atoms with Crippen LogP contribution in [0.3, 0.4) is 0 Å². The second kappa shape index (κ2) is 11.0. The van der Waals surface area contributed by atoms with Crippen molar-refractivity contribution < 1.29 is 22.7 Å². The van der Waals surface area contributed by atoms with Crippen molar-refractivity contribution in [1.29, 1.82) is 0 Å². The molecule has 3 aromatic rings. The first-order valence-electron chi connectivity index (χ1n) is 12.8. The normalized spacial score (nSPS) is 17.9. The molecule has 2 saturated heterocycles. The van der Waals surface area contributed by atoms with Crippen LogP contribution in [0.15, 0.2) is 53.6 Å². The number of ether oxygens (including phenoxy) is 1. The second-order valence-corrected chi connectivity index (χ2v) is 9.76. The molecule has 5 rings (SSSR count). The van der Waals surface area contributed by atoms with E-state index < -0.39 is 17.3 Å². The van der Waals surface area contributed by atoms with E-state index in [2.05, 4.69) is 15.0 Å². The fourth-order valence-corrected chi connectivity index (χ4v) is 5.09. The van der Waals surface area contributed by atoms with Crippen molar-refractivity contribution in [2.75, 3.05) is 49.1 Å². The number of aromatic amines is 1. The minimum atomic E-state index is -4.81. The highest BCUT2D eigenvalue weighted by Gasteiger charge is 2.40. The summed E-state index contributed by atoms with van der Waals surface area (Å²) in [6.07, 6.45) is -0.689. The van der Waals surface area contributed by atoms with Crippen molar-refractivity contribution in [1.82, 2.24) is 20.1 Å². The number of hydrogen-bond donors (Lipinski definition) is 1.